The molecule has 0 N–H and O–H groups in total. The molecule has 1 unspecified atom stereocenters. The minimum absolute atomic E-state index is 0.0529. The zero-order valence-corrected chi connectivity index (χ0v) is 16.0. The number of carbonyl (C=O) groups is 1. The molecular formula is C20H19F3N4O3. The Morgan fingerprint density at radius 3 is 2.57 bits per heavy atom. The van der Waals surface area contributed by atoms with Gasteiger partial charge in [0.15, 0.2) is 0 Å². The van der Waals surface area contributed by atoms with E-state index in [1.165, 1.54) is 0 Å². The molecule has 7 nitrogen and oxygen atoms in total. The minimum atomic E-state index is -4.70. The van der Waals surface area contributed by atoms with Gasteiger partial charge in [-0.1, -0.05) is 29.4 Å². The summed E-state index contributed by atoms with van der Waals surface area (Å²) in [4.78, 5) is 18.0. The molecule has 0 radical (unpaired) electrons. The number of amides is 1. The van der Waals surface area contributed by atoms with Gasteiger partial charge in [0.25, 0.3) is 0 Å². The van der Waals surface area contributed by atoms with E-state index in [0.717, 1.165) is 18.4 Å². The number of rotatable bonds is 6. The second kappa shape index (κ2) is 7.72. The van der Waals surface area contributed by atoms with E-state index in [0.29, 0.717) is 31.6 Å². The Balaban J connectivity index is 1.49. The van der Waals surface area contributed by atoms with Crippen LogP contribution in [0.15, 0.2) is 28.8 Å². The molecule has 10 heteroatoms. The van der Waals surface area contributed by atoms with Crippen molar-refractivity contribution < 1.29 is 27.2 Å². The quantitative estimate of drug-likeness (QED) is 0.710. The number of nitriles is 1. The van der Waals surface area contributed by atoms with E-state index in [2.05, 4.69) is 20.7 Å². The molecule has 4 rings (SSSR count). The summed E-state index contributed by atoms with van der Waals surface area (Å²) in [5, 5.41) is 12.8. The molecule has 1 aliphatic carbocycles. The highest BCUT2D eigenvalue weighted by molar-refractivity contribution is 5.88. The third-order valence-electron chi connectivity index (χ3n) is 5.36. The molecule has 2 aromatic rings. The van der Waals surface area contributed by atoms with Crippen molar-refractivity contribution in [3.05, 3.63) is 35.7 Å². The van der Waals surface area contributed by atoms with Gasteiger partial charge in [0.05, 0.1) is 12.2 Å². The van der Waals surface area contributed by atoms with Crippen molar-refractivity contribution in [2.24, 2.45) is 5.41 Å². The largest absolute Gasteiger partial charge is 0.471 e. The molecule has 1 amide bonds. The van der Waals surface area contributed by atoms with Crippen LogP contribution in [-0.2, 0) is 22.3 Å². The molecule has 1 saturated heterocycles. The number of hydrogen-bond acceptors (Lipinski definition) is 6. The molecule has 2 aliphatic rings. The number of ether oxygens (including phenoxy) is 1. The lowest BCUT2D eigenvalue weighted by molar-refractivity contribution is -0.159. The number of aromatic nitrogens is 2. The first kappa shape index (κ1) is 20.3. The molecule has 0 spiro atoms. The predicted octanol–water partition coefficient (Wildman–Crippen LogP) is 3.57. The number of benzene rings is 1. The molecule has 2 fully saturated rings. The molecule has 158 valence electrons. The maximum absolute atomic E-state index is 12.9. The van der Waals surface area contributed by atoms with Crippen LogP contribution in [0.2, 0.25) is 0 Å². The lowest BCUT2D eigenvalue weighted by Crippen LogP contribution is -2.41. The first-order valence-corrected chi connectivity index (χ1v) is 9.63. The Kier molecular flexibility index (Phi) is 5.24. The van der Waals surface area contributed by atoms with E-state index in [4.69, 9.17) is 4.74 Å². The minimum Gasteiger partial charge on any atom is -0.376 e. The summed E-state index contributed by atoms with van der Waals surface area (Å²) in [5.41, 5.74) is 0.209. The van der Waals surface area contributed by atoms with Crippen LogP contribution in [0.25, 0.3) is 11.4 Å². The maximum atomic E-state index is 12.9. The predicted molar refractivity (Wildman–Crippen MR) is 96.4 cm³/mol. The van der Waals surface area contributed by atoms with Crippen LogP contribution < -0.4 is 0 Å². The van der Waals surface area contributed by atoms with E-state index in [1.807, 2.05) is 0 Å². The molecular weight excluding hydrogens is 401 g/mol. The van der Waals surface area contributed by atoms with Gasteiger partial charge < -0.3 is 14.2 Å². The van der Waals surface area contributed by atoms with Gasteiger partial charge in [-0.05, 0) is 31.2 Å². The molecule has 2 heterocycles. The first-order chi connectivity index (χ1) is 14.3. The SMILES string of the molecule is N#CC1(C(=O)N(Cc2ccc(-c3noc(C(F)(F)F)n3)cc2)CC2CCCO2)CC1. The van der Waals surface area contributed by atoms with Crippen LogP contribution in [0.5, 0.6) is 0 Å². The summed E-state index contributed by atoms with van der Waals surface area (Å²) in [6.07, 6.45) is -1.83. The Morgan fingerprint density at radius 1 is 1.30 bits per heavy atom. The highest BCUT2D eigenvalue weighted by Gasteiger charge is 2.52. The van der Waals surface area contributed by atoms with Crippen LogP contribution in [0, 0.1) is 16.7 Å². The Morgan fingerprint density at radius 2 is 2.03 bits per heavy atom. The standard InChI is InChI=1S/C20H19F3N4O3/c21-20(22,23)17-25-16(26-30-17)14-5-3-13(4-6-14)10-27(11-15-2-1-9-29-15)18(28)19(12-24)7-8-19/h3-6,15H,1-2,7-11H2. The van der Waals surface area contributed by atoms with Gasteiger partial charge in [-0.2, -0.15) is 23.4 Å². The van der Waals surface area contributed by atoms with Crippen molar-refractivity contribution in [3.8, 4) is 17.5 Å². The lowest BCUT2D eigenvalue weighted by Gasteiger charge is -2.27. The van der Waals surface area contributed by atoms with Crippen molar-refractivity contribution in [3.63, 3.8) is 0 Å². The van der Waals surface area contributed by atoms with Crippen LogP contribution in [0.1, 0.15) is 37.1 Å². The second-order valence-corrected chi connectivity index (χ2v) is 7.63. The molecule has 0 bridgehead atoms. The topological polar surface area (TPSA) is 92.2 Å². The van der Waals surface area contributed by atoms with Crippen molar-refractivity contribution >= 4 is 5.91 Å². The molecule has 30 heavy (non-hydrogen) atoms. The van der Waals surface area contributed by atoms with E-state index in [9.17, 15) is 23.2 Å². The third kappa shape index (κ3) is 4.16. The van der Waals surface area contributed by atoms with Crippen LogP contribution in [-0.4, -0.2) is 40.2 Å². The van der Waals surface area contributed by atoms with Crippen molar-refractivity contribution in [2.45, 2.75) is 44.5 Å². The zero-order valence-electron chi connectivity index (χ0n) is 16.0. The summed E-state index contributed by atoms with van der Waals surface area (Å²) >= 11 is 0. The van der Waals surface area contributed by atoms with Gasteiger partial charge >= 0.3 is 12.1 Å². The molecule has 1 aromatic carbocycles. The molecule has 1 aliphatic heterocycles. The molecule has 1 saturated carbocycles. The number of hydrogen-bond donors (Lipinski definition) is 0. The Bertz CT molecular complexity index is 955. The smallest absolute Gasteiger partial charge is 0.376 e. The van der Waals surface area contributed by atoms with E-state index in [1.54, 1.807) is 29.2 Å². The maximum Gasteiger partial charge on any atom is 0.471 e. The van der Waals surface area contributed by atoms with Crippen molar-refractivity contribution in [2.75, 3.05) is 13.2 Å². The summed E-state index contributed by atoms with van der Waals surface area (Å²) in [6, 6.07) is 8.68. The van der Waals surface area contributed by atoms with E-state index < -0.39 is 17.5 Å². The zero-order chi connectivity index (χ0) is 21.4. The highest BCUT2D eigenvalue weighted by atomic mass is 19.4. The van der Waals surface area contributed by atoms with Gasteiger partial charge in [-0.3, -0.25) is 4.79 Å². The number of nitrogens with zero attached hydrogens (tertiary/aromatic N) is 4. The van der Waals surface area contributed by atoms with Gasteiger partial charge in [0.1, 0.15) is 5.41 Å². The molecule has 1 aromatic heterocycles. The summed E-state index contributed by atoms with van der Waals surface area (Å²) in [7, 11) is 0. The van der Waals surface area contributed by atoms with E-state index in [-0.39, 0.29) is 24.4 Å². The summed E-state index contributed by atoms with van der Waals surface area (Å²) in [6.45, 7) is 1.35. The van der Waals surface area contributed by atoms with Crippen LogP contribution >= 0.6 is 0 Å². The molecule has 1 atom stereocenters. The monoisotopic (exact) mass is 420 g/mol. The van der Waals surface area contributed by atoms with Gasteiger partial charge in [-0.25, -0.2) is 0 Å². The van der Waals surface area contributed by atoms with Crippen LogP contribution in [0.4, 0.5) is 13.2 Å². The van der Waals surface area contributed by atoms with Crippen molar-refractivity contribution in [1.82, 2.24) is 15.0 Å². The average Bonchev–Trinajstić information content (AvgIpc) is 3.11. The first-order valence-electron chi connectivity index (χ1n) is 9.63. The van der Waals surface area contributed by atoms with E-state index >= 15 is 0 Å². The number of alkyl halides is 3. The highest BCUT2D eigenvalue weighted by Crippen LogP contribution is 2.46. The van der Waals surface area contributed by atoms with Gasteiger partial charge in [0.2, 0.25) is 11.7 Å². The fraction of sp³-hybridized carbons (Fsp3) is 0.500. The van der Waals surface area contributed by atoms with Crippen molar-refractivity contribution in [1.29, 1.82) is 5.26 Å². The third-order valence-corrected chi connectivity index (χ3v) is 5.36. The fourth-order valence-electron chi connectivity index (χ4n) is 3.49. The normalized spacial score (nSPS) is 20.0. The Labute approximate surface area is 170 Å². The average molecular weight is 420 g/mol. The number of halogens is 3. The lowest BCUT2D eigenvalue weighted by atomic mass is 10.1. The van der Waals surface area contributed by atoms with Crippen LogP contribution in [0.3, 0.4) is 0 Å². The summed E-state index contributed by atoms with van der Waals surface area (Å²) < 4.78 is 47.8. The van der Waals surface area contributed by atoms with Gasteiger partial charge in [-0.15, -0.1) is 0 Å². The Hall–Kier alpha value is -2.93. The number of carbonyl (C=O) groups excluding carboxylic acids is 1. The summed E-state index contributed by atoms with van der Waals surface area (Å²) in [5.74, 6) is -1.76. The van der Waals surface area contributed by atoms with Gasteiger partial charge in [0, 0.05) is 25.3 Å². The second-order valence-electron chi connectivity index (χ2n) is 7.63. The fourth-order valence-corrected chi connectivity index (χ4v) is 3.49.